The quantitative estimate of drug-likeness (QED) is 0.710. The molecule has 1 aliphatic carbocycles. The average Bonchev–Trinajstić information content (AvgIpc) is 3.10. The largest absolute Gasteiger partial charge is 0.454 e. The molecule has 2 N–H and O–H groups in total. The third kappa shape index (κ3) is 2.92. The van der Waals surface area contributed by atoms with Gasteiger partial charge in [-0.25, -0.2) is 0 Å². The lowest BCUT2D eigenvalue weighted by atomic mass is 10.1. The van der Waals surface area contributed by atoms with E-state index in [0.29, 0.717) is 22.3 Å². The van der Waals surface area contributed by atoms with E-state index >= 15 is 0 Å². The summed E-state index contributed by atoms with van der Waals surface area (Å²) in [7, 11) is 0. The van der Waals surface area contributed by atoms with Crippen molar-refractivity contribution in [1.29, 1.82) is 0 Å². The van der Waals surface area contributed by atoms with E-state index in [1.165, 1.54) is 0 Å². The number of benzene rings is 2. The first kappa shape index (κ1) is 16.2. The van der Waals surface area contributed by atoms with Crippen LogP contribution in [0.4, 0.5) is 5.82 Å². The number of amides is 1. The topological polar surface area (TPSA) is 76.2 Å². The molecule has 1 aliphatic heterocycles. The van der Waals surface area contributed by atoms with Crippen LogP contribution in [0.3, 0.4) is 0 Å². The normalized spacial score (nSPS) is 19.7. The molecule has 6 nitrogen and oxygen atoms in total. The first-order valence-corrected chi connectivity index (χ1v) is 9.07. The molecule has 1 aromatic heterocycles. The SMILES string of the molecule is O=C(Nc1[nH]ncc1-c1ccc2c(c1)OCO2)[C@@H]1C[C@@H]1c1ccccc1Cl. The van der Waals surface area contributed by atoms with Crippen molar-refractivity contribution in [2.75, 3.05) is 12.1 Å². The number of anilines is 1. The van der Waals surface area contributed by atoms with E-state index in [-0.39, 0.29) is 24.5 Å². The highest BCUT2D eigenvalue weighted by Crippen LogP contribution is 2.50. The molecule has 136 valence electrons. The van der Waals surface area contributed by atoms with Gasteiger partial charge >= 0.3 is 0 Å². The first-order chi connectivity index (χ1) is 13.2. The minimum absolute atomic E-state index is 0.0360. The predicted molar refractivity (Wildman–Crippen MR) is 101 cm³/mol. The number of fused-ring (bicyclic) bond motifs is 1. The van der Waals surface area contributed by atoms with Gasteiger partial charge in [-0.2, -0.15) is 5.10 Å². The third-order valence-corrected chi connectivity index (χ3v) is 5.35. The lowest BCUT2D eigenvalue weighted by Crippen LogP contribution is -2.15. The van der Waals surface area contributed by atoms with Crippen LogP contribution in [0.25, 0.3) is 11.1 Å². The summed E-state index contributed by atoms with van der Waals surface area (Å²) >= 11 is 6.25. The Morgan fingerprint density at radius 2 is 2.04 bits per heavy atom. The molecular weight excluding hydrogens is 366 g/mol. The van der Waals surface area contributed by atoms with Crippen LogP contribution in [-0.4, -0.2) is 22.9 Å². The monoisotopic (exact) mass is 381 g/mol. The summed E-state index contributed by atoms with van der Waals surface area (Å²) in [5.74, 6) is 2.02. The van der Waals surface area contributed by atoms with Gasteiger partial charge in [-0.1, -0.05) is 35.9 Å². The molecular formula is C20H16ClN3O3. The van der Waals surface area contributed by atoms with E-state index in [1.54, 1.807) is 6.20 Å². The fourth-order valence-electron chi connectivity index (χ4n) is 3.48. The molecule has 0 saturated heterocycles. The first-order valence-electron chi connectivity index (χ1n) is 8.69. The van der Waals surface area contributed by atoms with Gasteiger partial charge in [0.15, 0.2) is 11.5 Å². The van der Waals surface area contributed by atoms with E-state index in [0.717, 1.165) is 23.1 Å². The van der Waals surface area contributed by atoms with Crippen LogP contribution < -0.4 is 14.8 Å². The minimum Gasteiger partial charge on any atom is -0.454 e. The van der Waals surface area contributed by atoms with Crippen molar-refractivity contribution in [3.63, 3.8) is 0 Å². The maximum Gasteiger partial charge on any atom is 0.231 e. The Hall–Kier alpha value is -2.99. The maximum absolute atomic E-state index is 12.7. The summed E-state index contributed by atoms with van der Waals surface area (Å²) in [6.45, 7) is 0.221. The number of carbonyl (C=O) groups is 1. The fourth-order valence-corrected chi connectivity index (χ4v) is 3.76. The van der Waals surface area contributed by atoms with Crippen LogP contribution in [0.2, 0.25) is 5.02 Å². The number of hydrogen-bond acceptors (Lipinski definition) is 4. The molecule has 1 saturated carbocycles. The zero-order valence-corrected chi connectivity index (χ0v) is 15.0. The number of aromatic amines is 1. The molecule has 0 unspecified atom stereocenters. The number of nitrogens with one attached hydrogen (secondary N) is 2. The van der Waals surface area contributed by atoms with Crippen molar-refractivity contribution in [1.82, 2.24) is 10.2 Å². The molecule has 3 aromatic rings. The van der Waals surface area contributed by atoms with Gasteiger partial charge in [-0.05, 0) is 41.7 Å². The highest BCUT2D eigenvalue weighted by Gasteiger charge is 2.45. The minimum atomic E-state index is -0.0854. The Bertz CT molecular complexity index is 1030. The Labute approximate surface area is 160 Å². The number of carbonyl (C=O) groups excluding carboxylic acids is 1. The third-order valence-electron chi connectivity index (χ3n) is 5.00. The molecule has 1 fully saturated rings. The van der Waals surface area contributed by atoms with Crippen LogP contribution in [0, 0.1) is 5.92 Å². The Morgan fingerprint density at radius 3 is 2.93 bits per heavy atom. The van der Waals surface area contributed by atoms with Gasteiger partial charge in [-0.15, -0.1) is 0 Å². The number of ether oxygens (including phenoxy) is 2. The molecule has 2 atom stereocenters. The zero-order chi connectivity index (χ0) is 18.4. The van der Waals surface area contributed by atoms with Crippen LogP contribution >= 0.6 is 11.6 Å². The number of aromatic nitrogens is 2. The lowest BCUT2D eigenvalue weighted by molar-refractivity contribution is -0.117. The Morgan fingerprint density at radius 1 is 1.19 bits per heavy atom. The number of nitrogens with zero attached hydrogens (tertiary/aromatic N) is 1. The molecule has 2 aliphatic rings. The smallest absolute Gasteiger partial charge is 0.231 e. The van der Waals surface area contributed by atoms with Crippen LogP contribution in [0.1, 0.15) is 17.9 Å². The van der Waals surface area contributed by atoms with Gasteiger partial charge < -0.3 is 14.8 Å². The van der Waals surface area contributed by atoms with Crippen LogP contribution in [-0.2, 0) is 4.79 Å². The van der Waals surface area contributed by atoms with E-state index < -0.39 is 0 Å². The summed E-state index contributed by atoms with van der Waals surface area (Å²) in [5, 5.41) is 10.6. The second-order valence-electron chi connectivity index (χ2n) is 6.69. The molecule has 0 spiro atoms. The molecule has 2 aromatic carbocycles. The number of hydrogen-bond donors (Lipinski definition) is 2. The van der Waals surface area contributed by atoms with Crippen molar-refractivity contribution < 1.29 is 14.3 Å². The standard InChI is InChI=1S/C20H16ClN3O3/c21-16-4-2-1-3-12(16)13-8-14(13)20(25)23-19-15(9-22-24-19)11-5-6-17-18(7-11)27-10-26-17/h1-7,9,13-14H,8,10H2,(H2,22,23,24,25)/t13-,14-/m1/s1. The van der Waals surface area contributed by atoms with Crippen molar-refractivity contribution in [3.05, 3.63) is 59.2 Å². The Balaban J connectivity index is 1.34. The second-order valence-corrected chi connectivity index (χ2v) is 7.09. The predicted octanol–water partition coefficient (Wildman–Crippen LogP) is 4.20. The van der Waals surface area contributed by atoms with Gasteiger partial charge in [0, 0.05) is 16.5 Å². The van der Waals surface area contributed by atoms with Crippen LogP contribution in [0.15, 0.2) is 48.7 Å². The molecule has 0 radical (unpaired) electrons. The summed E-state index contributed by atoms with van der Waals surface area (Å²) in [6, 6.07) is 13.3. The average molecular weight is 382 g/mol. The van der Waals surface area contributed by atoms with Gasteiger partial charge in [0.2, 0.25) is 12.7 Å². The Kier molecular flexibility index (Phi) is 3.79. The number of H-pyrrole nitrogens is 1. The molecule has 2 heterocycles. The van der Waals surface area contributed by atoms with E-state index in [9.17, 15) is 4.79 Å². The molecule has 1 amide bonds. The van der Waals surface area contributed by atoms with Crippen LogP contribution in [0.5, 0.6) is 11.5 Å². The summed E-state index contributed by atoms with van der Waals surface area (Å²) in [4.78, 5) is 12.7. The van der Waals surface area contributed by atoms with Gasteiger partial charge in [0.25, 0.3) is 0 Å². The number of rotatable bonds is 4. The lowest BCUT2D eigenvalue weighted by Gasteiger charge is -2.07. The highest BCUT2D eigenvalue weighted by atomic mass is 35.5. The maximum atomic E-state index is 12.7. The van der Waals surface area contributed by atoms with Crippen molar-refractivity contribution >= 4 is 23.3 Å². The second kappa shape index (κ2) is 6.32. The summed E-state index contributed by atoms with van der Waals surface area (Å²) < 4.78 is 10.8. The molecule has 27 heavy (non-hydrogen) atoms. The molecule has 5 rings (SSSR count). The molecule has 0 bridgehead atoms. The van der Waals surface area contributed by atoms with E-state index in [1.807, 2.05) is 42.5 Å². The van der Waals surface area contributed by atoms with E-state index in [2.05, 4.69) is 15.5 Å². The number of halogens is 1. The van der Waals surface area contributed by atoms with Crippen molar-refractivity contribution in [2.24, 2.45) is 5.92 Å². The zero-order valence-electron chi connectivity index (χ0n) is 14.2. The fraction of sp³-hybridized carbons (Fsp3) is 0.200. The van der Waals surface area contributed by atoms with E-state index in [4.69, 9.17) is 21.1 Å². The summed E-state index contributed by atoms with van der Waals surface area (Å²) in [6.07, 6.45) is 2.48. The highest BCUT2D eigenvalue weighted by molar-refractivity contribution is 6.31. The van der Waals surface area contributed by atoms with Gasteiger partial charge in [-0.3, -0.25) is 9.89 Å². The molecule has 7 heteroatoms. The summed E-state index contributed by atoms with van der Waals surface area (Å²) in [5.41, 5.74) is 2.72. The van der Waals surface area contributed by atoms with Crippen molar-refractivity contribution in [2.45, 2.75) is 12.3 Å². The van der Waals surface area contributed by atoms with Gasteiger partial charge in [0.1, 0.15) is 5.82 Å². The van der Waals surface area contributed by atoms with Crippen molar-refractivity contribution in [3.8, 4) is 22.6 Å². The van der Waals surface area contributed by atoms with Gasteiger partial charge in [0.05, 0.1) is 6.20 Å².